The lowest BCUT2D eigenvalue weighted by atomic mass is 9.98. The average molecular weight is 464 g/mol. The molecule has 33 heavy (non-hydrogen) atoms. The number of hydrogen-bond acceptors (Lipinski definition) is 7. The Morgan fingerprint density at radius 2 is 1.97 bits per heavy atom. The molecular weight excluding hydrogens is 438 g/mol. The van der Waals surface area contributed by atoms with Gasteiger partial charge in [-0.25, -0.2) is 4.98 Å². The van der Waals surface area contributed by atoms with Gasteiger partial charge in [-0.15, -0.1) is 11.3 Å². The monoisotopic (exact) mass is 463 g/mol. The number of ether oxygens (including phenoxy) is 2. The molecule has 0 unspecified atom stereocenters. The van der Waals surface area contributed by atoms with Crippen molar-refractivity contribution in [3.05, 3.63) is 88.8 Å². The van der Waals surface area contributed by atoms with Crippen LogP contribution in [0.2, 0.25) is 0 Å². The number of pyridine rings is 1. The smallest absolute Gasteiger partial charge is 0.291 e. The number of carbonyl (C=O) groups is 1. The van der Waals surface area contributed by atoms with E-state index in [0.29, 0.717) is 17.3 Å². The third kappa shape index (κ3) is 5.01. The van der Waals surface area contributed by atoms with Crippen molar-refractivity contribution in [3.8, 4) is 11.5 Å². The molecule has 4 rings (SSSR count). The number of hydrogen-bond donors (Lipinski definition) is 2. The molecule has 4 aromatic rings. The number of nitrogens with zero attached hydrogens (tertiary/aromatic N) is 1. The summed E-state index contributed by atoms with van der Waals surface area (Å²) in [7, 11) is 3.26. The number of nitrogens with one attached hydrogen (secondary N) is 2. The highest BCUT2D eigenvalue weighted by atomic mass is 32.1. The van der Waals surface area contributed by atoms with E-state index in [0.717, 1.165) is 27.4 Å². The molecule has 170 valence electrons. The Morgan fingerprint density at radius 3 is 2.64 bits per heavy atom. The highest BCUT2D eigenvalue weighted by Crippen LogP contribution is 2.41. The molecule has 0 radical (unpaired) electrons. The summed E-state index contributed by atoms with van der Waals surface area (Å²) >= 11 is 1.54. The van der Waals surface area contributed by atoms with Crippen molar-refractivity contribution in [2.24, 2.45) is 0 Å². The van der Waals surface area contributed by atoms with E-state index in [1.54, 1.807) is 32.5 Å². The number of thiophene rings is 1. The van der Waals surface area contributed by atoms with Crippen LogP contribution in [-0.2, 0) is 6.42 Å². The van der Waals surface area contributed by atoms with Gasteiger partial charge in [0.2, 0.25) is 0 Å². The van der Waals surface area contributed by atoms with Gasteiger partial charge in [0.15, 0.2) is 5.76 Å². The Hall–Kier alpha value is -3.78. The minimum atomic E-state index is -0.367. The van der Waals surface area contributed by atoms with Gasteiger partial charge in [-0.3, -0.25) is 4.79 Å². The zero-order valence-corrected chi connectivity index (χ0v) is 19.4. The predicted octanol–water partition coefficient (Wildman–Crippen LogP) is 5.77. The van der Waals surface area contributed by atoms with Gasteiger partial charge in [-0.05, 0) is 55.0 Å². The van der Waals surface area contributed by atoms with Crippen LogP contribution in [0.4, 0.5) is 10.8 Å². The average Bonchev–Trinajstić information content (AvgIpc) is 3.53. The largest absolute Gasteiger partial charge is 0.497 e. The first-order valence-electron chi connectivity index (χ1n) is 10.5. The molecule has 1 aromatic carbocycles. The highest BCUT2D eigenvalue weighted by Gasteiger charge is 2.26. The summed E-state index contributed by atoms with van der Waals surface area (Å²) in [6.07, 6.45) is 4.04. The van der Waals surface area contributed by atoms with E-state index in [1.807, 2.05) is 36.4 Å². The van der Waals surface area contributed by atoms with Gasteiger partial charge < -0.3 is 24.5 Å². The van der Waals surface area contributed by atoms with E-state index in [1.165, 1.54) is 17.6 Å². The van der Waals surface area contributed by atoms with Crippen LogP contribution < -0.4 is 20.1 Å². The van der Waals surface area contributed by atoms with E-state index in [4.69, 9.17) is 13.9 Å². The van der Waals surface area contributed by atoms with Crippen molar-refractivity contribution < 1.29 is 18.7 Å². The summed E-state index contributed by atoms with van der Waals surface area (Å²) in [5, 5.41) is 7.26. The molecule has 0 saturated heterocycles. The SMILES string of the molecule is CCc1cc([C@@H](Nc2ccccn2)c2cc(OC)ccc2OC)c(NC(=O)c2ccco2)s1. The molecule has 0 saturated carbocycles. The lowest BCUT2D eigenvalue weighted by molar-refractivity contribution is 0.0997. The van der Waals surface area contributed by atoms with E-state index in [9.17, 15) is 4.79 Å². The van der Waals surface area contributed by atoms with Gasteiger partial charge in [0, 0.05) is 22.2 Å². The van der Waals surface area contributed by atoms with E-state index < -0.39 is 0 Å². The van der Waals surface area contributed by atoms with Crippen molar-refractivity contribution in [1.82, 2.24) is 4.98 Å². The molecule has 1 amide bonds. The minimum absolute atomic E-state index is 0.251. The summed E-state index contributed by atoms with van der Waals surface area (Å²) in [6.45, 7) is 2.08. The predicted molar refractivity (Wildman–Crippen MR) is 130 cm³/mol. The van der Waals surface area contributed by atoms with Crippen LogP contribution in [0.5, 0.6) is 11.5 Å². The first-order chi connectivity index (χ1) is 16.1. The Kier molecular flexibility index (Phi) is 6.95. The molecular formula is C25H25N3O4S. The zero-order valence-electron chi connectivity index (χ0n) is 18.6. The molecule has 7 nitrogen and oxygen atoms in total. The van der Waals surface area contributed by atoms with E-state index in [2.05, 4.69) is 28.6 Å². The number of anilines is 2. The number of furan rings is 1. The van der Waals surface area contributed by atoms with Crippen molar-refractivity contribution in [1.29, 1.82) is 0 Å². The van der Waals surface area contributed by atoms with Gasteiger partial charge in [0.05, 0.1) is 26.5 Å². The van der Waals surface area contributed by atoms with Gasteiger partial charge in [0.1, 0.15) is 22.3 Å². The van der Waals surface area contributed by atoms with Crippen LogP contribution in [-0.4, -0.2) is 25.1 Å². The van der Waals surface area contributed by atoms with Crippen LogP contribution in [0.1, 0.15) is 39.5 Å². The van der Waals surface area contributed by atoms with E-state index in [-0.39, 0.29) is 17.7 Å². The molecule has 2 N–H and O–H groups in total. The molecule has 1 atom stereocenters. The number of aromatic nitrogens is 1. The summed E-state index contributed by atoms with van der Waals surface area (Å²) in [5.74, 6) is 2.03. The van der Waals surface area contributed by atoms with Gasteiger partial charge in [0.25, 0.3) is 5.91 Å². The quantitative estimate of drug-likeness (QED) is 0.328. The fraction of sp³-hybridized carbons (Fsp3) is 0.200. The van der Waals surface area contributed by atoms with Crippen LogP contribution in [0.3, 0.4) is 0 Å². The molecule has 0 bridgehead atoms. The lowest BCUT2D eigenvalue weighted by Gasteiger charge is -2.23. The fourth-order valence-corrected chi connectivity index (χ4v) is 4.53. The summed E-state index contributed by atoms with van der Waals surface area (Å²) in [6, 6.07) is 16.4. The molecule has 3 aromatic heterocycles. The van der Waals surface area contributed by atoms with Crippen molar-refractivity contribution in [2.75, 3.05) is 24.9 Å². The van der Waals surface area contributed by atoms with Gasteiger partial charge in [-0.1, -0.05) is 13.0 Å². The van der Waals surface area contributed by atoms with Crippen LogP contribution in [0.25, 0.3) is 0 Å². The summed E-state index contributed by atoms with van der Waals surface area (Å²) < 4.78 is 16.4. The van der Waals surface area contributed by atoms with Crippen molar-refractivity contribution in [3.63, 3.8) is 0 Å². The molecule has 8 heteroatoms. The Balaban J connectivity index is 1.82. The van der Waals surface area contributed by atoms with E-state index >= 15 is 0 Å². The Labute approximate surface area is 196 Å². The standard InChI is InChI=1S/C25H25N3O4S/c1-4-17-15-19(25(33-17)28-24(29)21-8-7-13-32-21)23(27-22-9-5-6-12-26-22)18-14-16(30-2)10-11-20(18)31-3/h5-15,23H,4H2,1-3H3,(H,26,27)(H,28,29)/t23-/m0/s1. The normalized spacial score (nSPS) is 11.6. The van der Waals surface area contributed by atoms with Crippen LogP contribution in [0.15, 0.2) is 71.5 Å². The Morgan fingerprint density at radius 1 is 1.09 bits per heavy atom. The number of benzene rings is 1. The van der Waals surface area contributed by atoms with Crippen LogP contribution in [0, 0.1) is 0 Å². The first-order valence-corrected chi connectivity index (χ1v) is 11.3. The second kappa shape index (κ2) is 10.2. The third-order valence-corrected chi connectivity index (χ3v) is 6.36. The number of amides is 1. The lowest BCUT2D eigenvalue weighted by Crippen LogP contribution is -2.17. The van der Waals surface area contributed by atoms with Crippen molar-refractivity contribution >= 4 is 28.1 Å². The molecule has 0 aliphatic carbocycles. The topological polar surface area (TPSA) is 85.6 Å². The fourth-order valence-electron chi connectivity index (χ4n) is 3.50. The number of aryl methyl sites for hydroxylation is 1. The van der Waals surface area contributed by atoms with Crippen molar-refractivity contribution in [2.45, 2.75) is 19.4 Å². The number of methoxy groups -OCH3 is 2. The maximum absolute atomic E-state index is 12.8. The second-order valence-corrected chi connectivity index (χ2v) is 8.32. The summed E-state index contributed by atoms with van der Waals surface area (Å²) in [5.41, 5.74) is 1.76. The molecule has 0 fully saturated rings. The first kappa shape index (κ1) is 22.4. The van der Waals surface area contributed by atoms with Gasteiger partial charge >= 0.3 is 0 Å². The maximum atomic E-state index is 12.8. The second-order valence-electron chi connectivity index (χ2n) is 7.18. The number of carbonyl (C=O) groups excluding carboxylic acids is 1. The zero-order chi connectivity index (χ0) is 23.2. The minimum Gasteiger partial charge on any atom is -0.497 e. The molecule has 0 spiro atoms. The number of rotatable bonds is 9. The highest BCUT2D eigenvalue weighted by molar-refractivity contribution is 7.16. The Bertz CT molecular complexity index is 1210. The maximum Gasteiger partial charge on any atom is 0.291 e. The third-order valence-electron chi connectivity index (χ3n) is 5.15. The summed E-state index contributed by atoms with van der Waals surface area (Å²) in [4.78, 5) is 18.4. The van der Waals surface area contributed by atoms with Crippen LogP contribution >= 0.6 is 11.3 Å². The van der Waals surface area contributed by atoms with Gasteiger partial charge in [-0.2, -0.15) is 0 Å². The molecule has 0 aliphatic heterocycles. The molecule has 3 heterocycles. The molecule has 0 aliphatic rings.